The highest BCUT2D eigenvalue weighted by molar-refractivity contribution is 6.29. The number of ether oxygens (including phenoxy) is 1. The predicted octanol–water partition coefficient (Wildman–Crippen LogP) is 5.04. The summed E-state index contributed by atoms with van der Waals surface area (Å²) in [5.74, 6) is -0.481. The largest absolute Gasteiger partial charge is 0.461 e. The lowest BCUT2D eigenvalue weighted by molar-refractivity contribution is 0.0518. The van der Waals surface area contributed by atoms with Crippen molar-refractivity contribution in [1.29, 1.82) is 0 Å². The molecule has 0 N–H and O–H groups in total. The molecule has 1 amide bonds. The highest BCUT2D eigenvalue weighted by Crippen LogP contribution is 2.28. The van der Waals surface area contributed by atoms with E-state index >= 15 is 0 Å². The van der Waals surface area contributed by atoms with E-state index in [4.69, 9.17) is 16.3 Å². The van der Waals surface area contributed by atoms with E-state index in [9.17, 15) is 9.59 Å². The number of rotatable bonds is 6. The third-order valence-electron chi connectivity index (χ3n) is 6.61. The molecule has 0 bridgehead atoms. The maximum absolute atomic E-state index is 12.8. The zero-order chi connectivity index (χ0) is 26.6. The number of amides is 1. The van der Waals surface area contributed by atoms with Crippen molar-refractivity contribution in [3.05, 3.63) is 94.9 Å². The van der Waals surface area contributed by atoms with Crippen LogP contribution in [0.4, 0.5) is 5.69 Å². The molecule has 0 unspecified atom stereocenters. The number of hydrogen-bond donors (Lipinski definition) is 0. The molecule has 0 aliphatic carbocycles. The van der Waals surface area contributed by atoms with Gasteiger partial charge in [0.2, 0.25) is 0 Å². The maximum Gasteiger partial charge on any atom is 0.358 e. The van der Waals surface area contributed by atoms with Crippen molar-refractivity contribution >= 4 is 29.2 Å². The summed E-state index contributed by atoms with van der Waals surface area (Å²) in [7, 11) is 0. The summed E-state index contributed by atoms with van der Waals surface area (Å²) >= 11 is 5.85. The molecule has 3 heterocycles. The molecule has 1 aliphatic rings. The van der Waals surface area contributed by atoms with Crippen molar-refractivity contribution in [3.8, 4) is 16.9 Å². The van der Waals surface area contributed by atoms with Gasteiger partial charge in [0.25, 0.3) is 5.91 Å². The molecule has 2 aromatic heterocycles. The van der Waals surface area contributed by atoms with E-state index in [0.29, 0.717) is 23.8 Å². The highest BCUT2D eigenvalue weighted by Gasteiger charge is 2.23. The zero-order valence-electron chi connectivity index (χ0n) is 21.3. The molecule has 0 saturated carbocycles. The molecule has 194 valence electrons. The number of nitrogens with zero attached hydrogens (tertiary/aromatic N) is 5. The van der Waals surface area contributed by atoms with Crippen molar-refractivity contribution in [2.75, 3.05) is 37.7 Å². The van der Waals surface area contributed by atoms with Crippen LogP contribution in [0.3, 0.4) is 0 Å². The minimum Gasteiger partial charge on any atom is -0.461 e. The van der Waals surface area contributed by atoms with Gasteiger partial charge >= 0.3 is 5.97 Å². The Labute approximate surface area is 226 Å². The number of carbonyl (C=O) groups is 2. The molecular formula is C29H28ClN5O3. The first-order chi connectivity index (χ1) is 18.4. The lowest BCUT2D eigenvalue weighted by Crippen LogP contribution is -2.48. The quantitative estimate of drug-likeness (QED) is 0.257. The third-order valence-corrected chi connectivity index (χ3v) is 6.83. The number of anilines is 1. The Bertz CT molecular complexity index is 1440. The zero-order valence-corrected chi connectivity index (χ0v) is 22.1. The molecule has 38 heavy (non-hydrogen) atoms. The minimum atomic E-state index is -0.445. The summed E-state index contributed by atoms with van der Waals surface area (Å²) in [6.07, 6.45) is 1.52. The Kier molecular flexibility index (Phi) is 7.42. The number of para-hydroxylation sites is 1. The SMILES string of the molecule is CCOC(=O)c1cc(-c2ccc(N3CCN(C(=O)c4ccc(Cl)nc4)CC3)cc2)n(-c2ccccc2C)n1. The monoisotopic (exact) mass is 529 g/mol. The van der Waals surface area contributed by atoms with Crippen LogP contribution in [-0.4, -0.2) is 64.3 Å². The average molecular weight is 530 g/mol. The van der Waals surface area contributed by atoms with E-state index in [1.165, 1.54) is 6.20 Å². The molecule has 1 saturated heterocycles. The van der Waals surface area contributed by atoms with Gasteiger partial charge in [0.15, 0.2) is 5.69 Å². The fraction of sp³-hybridized carbons (Fsp3) is 0.241. The highest BCUT2D eigenvalue weighted by atomic mass is 35.5. The first-order valence-electron chi connectivity index (χ1n) is 12.5. The number of carbonyl (C=O) groups excluding carboxylic acids is 2. The van der Waals surface area contributed by atoms with Crippen LogP contribution in [0.1, 0.15) is 33.3 Å². The van der Waals surface area contributed by atoms with Gasteiger partial charge in [0, 0.05) is 43.6 Å². The molecule has 0 spiro atoms. The number of halogens is 1. The topological polar surface area (TPSA) is 80.6 Å². The maximum atomic E-state index is 12.8. The van der Waals surface area contributed by atoms with Crippen LogP contribution in [-0.2, 0) is 4.74 Å². The normalized spacial score (nSPS) is 13.4. The summed E-state index contributed by atoms with van der Waals surface area (Å²) in [5.41, 5.74) is 5.57. The van der Waals surface area contributed by atoms with E-state index in [1.54, 1.807) is 29.8 Å². The van der Waals surface area contributed by atoms with Gasteiger partial charge < -0.3 is 14.5 Å². The van der Waals surface area contributed by atoms with Crippen LogP contribution in [0.2, 0.25) is 5.15 Å². The van der Waals surface area contributed by atoms with E-state index in [0.717, 1.165) is 41.3 Å². The molecule has 9 heteroatoms. The van der Waals surface area contributed by atoms with Crippen molar-refractivity contribution in [1.82, 2.24) is 19.7 Å². The van der Waals surface area contributed by atoms with Crippen LogP contribution < -0.4 is 4.90 Å². The van der Waals surface area contributed by atoms with E-state index < -0.39 is 5.97 Å². The standard InChI is InChI=1S/C29H28ClN5O3/c1-3-38-29(37)24-18-26(35(32-24)25-7-5-4-6-20(25)2)21-8-11-23(12-9-21)33-14-16-34(17-15-33)28(36)22-10-13-27(30)31-19-22/h4-13,18-19H,3,14-17H2,1-2H3. The van der Waals surface area contributed by atoms with Gasteiger partial charge in [-0.1, -0.05) is 41.9 Å². The first-order valence-corrected chi connectivity index (χ1v) is 12.9. The number of esters is 1. The second-order valence-electron chi connectivity index (χ2n) is 9.03. The van der Waals surface area contributed by atoms with Crippen LogP contribution in [0.15, 0.2) is 72.9 Å². The van der Waals surface area contributed by atoms with Crippen molar-refractivity contribution in [2.45, 2.75) is 13.8 Å². The second kappa shape index (κ2) is 11.1. The lowest BCUT2D eigenvalue weighted by Gasteiger charge is -2.36. The summed E-state index contributed by atoms with van der Waals surface area (Å²) in [6, 6.07) is 21.2. The number of piperazine rings is 1. The summed E-state index contributed by atoms with van der Waals surface area (Å²) in [5, 5.41) is 4.95. The van der Waals surface area contributed by atoms with Gasteiger partial charge in [-0.2, -0.15) is 5.10 Å². The Morgan fingerprint density at radius 1 is 0.974 bits per heavy atom. The molecule has 1 fully saturated rings. The van der Waals surface area contributed by atoms with Gasteiger partial charge in [0.05, 0.1) is 23.6 Å². The molecule has 2 aromatic carbocycles. The molecule has 8 nitrogen and oxygen atoms in total. The average Bonchev–Trinajstić information content (AvgIpc) is 3.39. The minimum absolute atomic E-state index is 0.0361. The number of pyridine rings is 1. The molecule has 1 aliphatic heterocycles. The molecular weight excluding hydrogens is 502 g/mol. The fourth-order valence-electron chi connectivity index (χ4n) is 4.57. The Morgan fingerprint density at radius 2 is 1.71 bits per heavy atom. The van der Waals surface area contributed by atoms with Gasteiger partial charge in [-0.3, -0.25) is 4.79 Å². The van der Waals surface area contributed by atoms with Gasteiger partial charge in [-0.25, -0.2) is 14.5 Å². The van der Waals surface area contributed by atoms with E-state index in [1.807, 2.05) is 48.2 Å². The predicted molar refractivity (Wildman–Crippen MR) is 147 cm³/mol. The number of hydrogen-bond acceptors (Lipinski definition) is 6. The first kappa shape index (κ1) is 25.5. The van der Waals surface area contributed by atoms with Crippen LogP contribution in [0.25, 0.3) is 16.9 Å². The van der Waals surface area contributed by atoms with Crippen molar-refractivity contribution in [2.24, 2.45) is 0 Å². The van der Waals surface area contributed by atoms with E-state index in [2.05, 4.69) is 27.1 Å². The number of benzene rings is 2. The van der Waals surface area contributed by atoms with Gasteiger partial charge in [-0.15, -0.1) is 0 Å². The summed E-state index contributed by atoms with van der Waals surface area (Å²) in [4.78, 5) is 33.4. The number of aromatic nitrogens is 3. The Balaban J connectivity index is 1.34. The van der Waals surface area contributed by atoms with Gasteiger partial charge in [0.1, 0.15) is 5.15 Å². The second-order valence-corrected chi connectivity index (χ2v) is 9.42. The van der Waals surface area contributed by atoms with Gasteiger partial charge in [-0.05, 0) is 55.8 Å². The Morgan fingerprint density at radius 3 is 2.37 bits per heavy atom. The smallest absolute Gasteiger partial charge is 0.358 e. The van der Waals surface area contributed by atoms with Crippen LogP contribution in [0, 0.1) is 6.92 Å². The van der Waals surface area contributed by atoms with E-state index in [-0.39, 0.29) is 18.2 Å². The van der Waals surface area contributed by atoms with Crippen molar-refractivity contribution < 1.29 is 14.3 Å². The molecule has 0 radical (unpaired) electrons. The fourth-order valence-corrected chi connectivity index (χ4v) is 4.68. The summed E-state index contributed by atoms with van der Waals surface area (Å²) < 4.78 is 7.00. The summed E-state index contributed by atoms with van der Waals surface area (Å²) in [6.45, 7) is 6.76. The molecule has 0 atom stereocenters. The lowest BCUT2D eigenvalue weighted by atomic mass is 10.1. The molecule has 4 aromatic rings. The number of aryl methyl sites for hydroxylation is 1. The third kappa shape index (κ3) is 5.26. The van der Waals surface area contributed by atoms with Crippen LogP contribution >= 0.6 is 11.6 Å². The Hall–Kier alpha value is -4.17. The van der Waals surface area contributed by atoms with Crippen LogP contribution in [0.5, 0.6) is 0 Å². The molecule has 5 rings (SSSR count). The van der Waals surface area contributed by atoms with Crippen molar-refractivity contribution in [3.63, 3.8) is 0 Å².